The average molecular weight is 274 g/mol. The second-order valence-corrected chi connectivity index (χ2v) is 5.84. The Morgan fingerprint density at radius 1 is 1.40 bits per heavy atom. The van der Waals surface area contributed by atoms with Gasteiger partial charge in [0.1, 0.15) is 6.07 Å². The molecule has 0 aliphatic carbocycles. The topological polar surface area (TPSA) is 73.1 Å². The van der Waals surface area contributed by atoms with Crippen LogP contribution in [-0.2, 0) is 4.79 Å². The maximum absolute atomic E-state index is 10.6. The molecule has 0 heterocycles. The van der Waals surface area contributed by atoms with Crippen LogP contribution in [0.4, 0.5) is 5.69 Å². The quantitative estimate of drug-likeness (QED) is 0.797. The minimum atomic E-state index is -0.753. The smallest absolute Gasteiger partial charge is 0.303 e. The lowest BCUT2D eigenvalue weighted by Gasteiger charge is -2.24. The van der Waals surface area contributed by atoms with E-state index in [1.54, 1.807) is 6.07 Å². The molecule has 0 bridgehead atoms. The van der Waals surface area contributed by atoms with Crippen LogP contribution in [0, 0.1) is 23.7 Å². The first kappa shape index (κ1) is 16.0. The van der Waals surface area contributed by atoms with E-state index in [0.29, 0.717) is 12.0 Å². The predicted molar refractivity (Wildman–Crippen MR) is 79.7 cm³/mol. The highest BCUT2D eigenvalue weighted by atomic mass is 16.4. The van der Waals surface area contributed by atoms with E-state index in [4.69, 9.17) is 10.4 Å². The van der Waals surface area contributed by atoms with Gasteiger partial charge in [-0.3, -0.25) is 4.79 Å². The van der Waals surface area contributed by atoms with Gasteiger partial charge in [-0.2, -0.15) is 5.26 Å². The van der Waals surface area contributed by atoms with Crippen molar-refractivity contribution in [2.75, 3.05) is 11.9 Å². The van der Waals surface area contributed by atoms with Gasteiger partial charge in [-0.05, 0) is 36.8 Å². The van der Waals surface area contributed by atoms with Crippen molar-refractivity contribution in [1.82, 2.24) is 0 Å². The molecule has 2 N–H and O–H groups in total. The van der Waals surface area contributed by atoms with Gasteiger partial charge in [0.2, 0.25) is 0 Å². The monoisotopic (exact) mass is 274 g/mol. The Morgan fingerprint density at radius 3 is 2.70 bits per heavy atom. The lowest BCUT2D eigenvalue weighted by atomic mass is 9.84. The third-order valence-electron chi connectivity index (χ3n) is 3.51. The van der Waals surface area contributed by atoms with Crippen LogP contribution in [0.15, 0.2) is 18.2 Å². The highest BCUT2D eigenvalue weighted by Gasteiger charge is 2.19. The fourth-order valence-electron chi connectivity index (χ4n) is 2.09. The Balaban J connectivity index is 2.57. The van der Waals surface area contributed by atoms with E-state index < -0.39 is 5.97 Å². The van der Waals surface area contributed by atoms with E-state index in [9.17, 15) is 4.79 Å². The fourth-order valence-corrected chi connectivity index (χ4v) is 2.09. The van der Waals surface area contributed by atoms with E-state index in [1.165, 1.54) is 0 Å². The number of nitrogens with zero attached hydrogens (tertiary/aromatic N) is 1. The van der Waals surface area contributed by atoms with Crippen LogP contribution in [0.3, 0.4) is 0 Å². The summed E-state index contributed by atoms with van der Waals surface area (Å²) in [4.78, 5) is 10.6. The molecule has 0 unspecified atom stereocenters. The van der Waals surface area contributed by atoms with E-state index in [1.807, 2.05) is 19.1 Å². The van der Waals surface area contributed by atoms with Crippen molar-refractivity contribution in [3.63, 3.8) is 0 Å². The molecule has 1 aromatic carbocycles. The zero-order valence-corrected chi connectivity index (χ0v) is 12.4. The fraction of sp³-hybridized carbons (Fsp3) is 0.500. The molecule has 0 aliphatic rings. The lowest BCUT2D eigenvalue weighted by molar-refractivity contribution is -0.137. The predicted octanol–water partition coefficient (Wildman–Crippen LogP) is 3.56. The van der Waals surface area contributed by atoms with Crippen LogP contribution in [0.25, 0.3) is 0 Å². The number of benzene rings is 1. The summed E-state index contributed by atoms with van der Waals surface area (Å²) in [6, 6.07) is 7.82. The number of nitrogens with one attached hydrogen (secondary N) is 1. The Bertz CT molecular complexity index is 516. The van der Waals surface area contributed by atoms with Gasteiger partial charge in [-0.25, -0.2) is 0 Å². The maximum Gasteiger partial charge on any atom is 0.303 e. The summed E-state index contributed by atoms with van der Waals surface area (Å²) in [7, 11) is 0. The lowest BCUT2D eigenvalue weighted by Crippen LogP contribution is -2.18. The molecule has 0 amide bonds. The summed E-state index contributed by atoms with van der Waals surface area (Å²) >= 11 is 0. The first-order valence-electron chi connectivity index (χ1n) is 6.81. The molecule has 20 heavy (non-hydrogen) atoms. The number of aliphatic carboxylic acids is 1. The molecule has 0 radical (unpaired) electrons. The van der Waals surface area contributed by atoms with Gasteiger partial charge in [0.25, 0.3) is 0 Å². The number of nitriles is 1. The van der Waals surface area contributed by atoms with Crippen LogP contribution < -0.4 is 5.32 Å². The summed E-state index contributed by atoms with van der Waals surface area (Å²) in [6.45, 7) is 6.84. The van der Waals surface area contributed by atoms with Gasteiger partial charge in [0.05, 0.1) is 11.3 Å². The van der Waals surface area contributed by atoms with Gasteiger partial charge >= 0.3 is 5.97 Å². The zero-order chi connectivity index (χ0) is 15.2. The number of hydrogen-bond acceptors (Lipinski definition) is 3. The minimum Gasteiger partial charge on any atom is -0.481 e. The van der Waals surface area contributed by atoms with Crippen LogP contribution in [0.1, 0.15) is 44.2 Å². The number of para-hydroxylation sites is 1. The van der Waals surface area contributed by atoms with Crippen molar-refractivity contribution in [2.24, 2.45) is 5.41 Å². The number of aryl methyl sites for hydroxylation is 1. The van der Waals surface area contributed by atoms with Crippen LogP contribution >= 0.6 is 0 Å². The molecule has 1 rings (SSSR count). The SMILES string of the molecule is Cc1cccc(C#N)c1NCCC(C)(C)CCC(=O)O. The molecule has 0 atom stereocenters. The minimum absolute atomic E-state index is 0.0269. The largest absolute Gasteiger partial charge is 0.481 e. The van der Waals surface area contributed by atoms with E-state index in [-0.39, 0.29) is 11.8 Å². The average Bonchev–Trinajstić information content (AvgIpc) is 2.38. The molecule has 108 valence electrons. The van der Waals surface area contributed by atoms with E-state index in [2.05, 4.69) is 25.2 Å². The van der Waals surface area contributed by atoms with Crippen molar-refractivity contribution in [3.8, 4) is 6.07 Å². The number of carboxylic acid groups (broad SMARTS) is 1. The highest BCUT2D eigenvalue weighted by molar-refractivity contribution is 5.66. The molecular formula is C16H22N2O2. The molecular weight excluding hydrogens is 252 g/mol. The van der Waals surface area contributed by atoms with Gasteiger partial charge in [0, 0.05) is 13.0 Å². The molecule has 0 saturated heterocycles. The number of anilines is 1. The summed E-state index contributed by atoms with van der Waals surface area (Å²) in [5, 5.41) is 21.1. The normalized spacial score (nSPS) is 10.9. The second kappa shape index (κ2) is 6.95. The van der Waals surface area contributed by atoms with Crippen LogP contribution in [-0.4, -0.2) is 17.6 Å². The number of carbonyl (C=O) groups is 1. The zero-order valence-electron chi connectivity index (χ0n) is 12.4. The van der Waals surface area contributed by atoms with Crippen molar-refractivity contribution in [2.45, 2.75) is 40.0 Å². The molecule has 0 spiro atoms. The maximum atomic E-state index is 10.6. The van der Waals surface area contributed by atoms with Gasteiger partial charge in [0.15, 0.2) is 0 Å². The molecule has 1 aromatic rings. The third-order valence-corrected chi connectivity index (χ3v) is 3.51. The molecule has 4 nitrogen and oxygen atoms in total. The van der Waals surface area contributed by atoms with Crippen molar-refractivity contribution in [1.29, 1.82) is 5.26 Å². The number of rotatable bonds is 7. The van der Waals surface area contributed by atoms with Gasteiger partial charge in [-0.1, -0.05) is 26.0 Å². The Labute approximate surface area is 120 Å². The van der Waals surface area contributed by atoms with E-state index in [0.717, 1.165) is 24.2 Å². The molecule has 0 saturated carbocycles. The highest BCUT2D eigenvalue weighted by Crippen LogP contribution is 2.27. The second-order valence-electron chi connectivity index (χ2n) is 5.84. The van der Waals surface area contributed by atoms with Gasteiger partial charge in [-0.15, -0.1) is 0 Å². The Hall–Kier alpha value is -2.02. The Kier molecular flexibility index (Phi) is 5.57. The first-order chi connectivity index (χ1) is 9.35. The van der Waals surface area contributed by atoms with Crippen molar-refractivity contribution in [3.05, 3.63) is 29.3 Å². The summed E-state index contributed by atoms with van der Waals surface area (Å²) in [5.41, 5.74) is 2.55. The standard InChI is InChI=1S/C16H22N2O2/c1-12-5-4-6-13(11-17)15(12)18-10-9-16(2,3)8-7-14(19)20/h4-6,18H,7-10H2,1-3H3,(H,19,20). The van der Waals surface area contributed by atoms with Crippen LogP contribution in [0.5, 0.6) is 0 Å². The molecule has 0 aromatic heterocycles. The number of hydrogen-bond donors (Lipinski definition) is 2. The summed E-state index contributed by atoms with van der Waals surface area (Å²) < 4.78 is 0. The van der Waals surface area contributed by atoms with Crippen molar-refractivity contribution < 1.29 is 9.90 Å². The number of carboxylic acids is 1. The van der Waals surface area contributed by atoms with E-state index >= 15 is 0 Å². The Morgan fingerprint density at radius 2 is 2.10 bits per heavy atom. The molecule has 4 heteroatoms. The van der Waals surface area contributed by atoms with Gasteiger partial charge < -0.3 is 10.4 Å². The first-order valence-corrected chi connectivity index (χ1v) is 6.81. The van der Waals surface area contributed by atoms with Crippen LogP contribution in [0.2, 0.25) is 0 Å². The molecule has 0 fully saturated rings. The summed E-state index contributed by atoms with van der Waals surface area (Å²) in [6.07, 6.45) is 1.71. The van der Waals surface area contributed by atoms with Crippen molar-refractivity contribution >= 4 is 11.7 Å². The summed E-state index contributed by atoms with van der Waals surface area (Å²) in [5.74, 6) is -0.753. The molecule has 0 aliphatic heterocycles. The third kappa shape index (κ3) is 4.93.